The second-order valence-electron chi connectivity index (χ2n) is 5.15. The highest BCUT2D eigenvalue weighted by atomic mass is 16.6. The minimum atomic E-state index is -1.19. The Labute approximate surface area is 116 Å². The topological polar surface area (TPSA) is 96.7 Å². The van der Waals surface area contributed by atoms with Gasteiger partial charge in [-0.25, -0.2) is 14.5 Å². The molecule has 0 fully saturated rings. The van der Waals surface area contributed by atoms with Crippen molar-refractivity contribution in [2.45, 2.75) is 38.8 Å². The lowest BCUT2D eigenvalue weighted by molar-refractivity contribution is -0.147. The molecule has 0 aromatic carbocycles. The second kappa shape index (κ2) is 5.74. The van der Waals surface area contributed by atoms with Crippen molar-refractivity contribution in [1.82, 2.24) is 4.90 Å². The third-order valence-corrected chi connectivity index (χ3v) is 2.43. The molecule has 108 valence electrons. The summed E-state index contributed by atoms with van der Waals surface area (Å²) in [6.45, 7) is 4.92. The van der Waals surface area contributed by atoms with Crippen LogP contribution in [-0.2, 0) is 19.1 Å². The van der Waals surface area contributed by atoms with Crippen LogP contribution in [0.3, 0.4) is 0 Å². The molecular formula is C13H16N2O5. The Hall–Kier alpha value is -2.36. The summed E-state index contributed by atoms with van der Waals surface area (Å²) in [5.41, 5.74) is -0.732. The smallest absolute Gasteiger partial charge is 0.418 e. The minimum Gasteiger partial charge on any atom is -0.467 e. The lowest BCUT2D eigenvalue weighted by atomic mass is 10.2. The van der Waals surface area contributed by atoms with E-state index in [4.69, 9.17) is 10.00 Å². The van der Waals surface area contributed by atoms with Gasteiger partial charge in [-0.1, -0.05) is 0 Å². The second-order valence-corrected chi connectivity index (χ2v) is 5.15. The number of hydrogen-bond donors (Lipinski definition) is 0. The predicted molar refractivity (Wildman–Crippen MR) is 67.2 cm³/mol. The zero-order chi connectivity index (χ0) is 15.5. The van der Waals surface area contributed by atoms with E-state index < -0.39 is 29.6 Å². The van der Waals surface area contributed by atoms with Gasteiger partial charge < -0.3 is 9.47 Å². The molecule has 0 bridgehead atoms. The van der Waals surface area contributed by atoms with Crippen LogP contribution in [0.1, 0.15) is 27.2 Å². The first kappa shape index (κ1) is 15.7. The molecule has 1 aliphatic heterocycles. The highest BCUT2D eigenvalue weighted by Crippen LogP contribution is 2.24. The van der Waals surface area contributed by atoms with Crippen LogP contribution in [0.25, 0.3) is 0 Å². The van der Waals surface area contributed by atoms with Crippen molar-refractivity contribution in [3.05, 3.63) is 11.6 Å². The third kappa shape index (κ3) is 3.35. The first-order valence-electron chi connectivity index (χ1n) is 5.93. The van der Waals surface area contributed by atoms with Gasteiger partial charge >= 0.3 is 12.1 Å². The number of nitrogens with zero attached hydrogens (tertiary/aromatic N) is 2. The molecule has 7 nitrogen and oxygen atoms in total. The Balaban J connectivity index is 3.04. The van der Waals surface area contributed by atoms with E-state index in [2.05, 4.69) is 4.74 Å². The Morgan fingerprint density at radius 1 is 1.45 bits per heavy atom. The molecule has 0 saturated heterocycles. The number of methoxy groups -OCH3 is 1. The number of amides is 2. The molecule has 0 N–H and O–H groups in total. The molecule has 0 aliphatic carbocycles. The number of hydrogen-bond acceptors (Lipinski definition) is 6. The molecule has 2 amide bonds. The number of nitriles is 1. The van der Waals surface area contributed by atoms with Crippen LogP contribution in [-0.4, -0.2) is 41.6 Å². The Morgan fingerprint density at radius 3 is 2.50 bits per heavy atom. The summed E-state index contributed by atoms with van der Waals surface area (Å²) >= 11 is 0. The summed E-state index contributed by atoms with van der Waals surface area (Å²) in [4.78, 5) is 36.4. The molecular weight excluding hydrogens is 264 g/mol. The van der Waals surface area contributed by atoms with E-state index in [9.17, 15) is 14.4 Å². The minimum absolute atomic E-state index is 0.0776. The maximum Gasteiger partial charge on any atom is 0.418 e. The molecule has 0 spiro atoms. The van der Waals surface area contributed by atoms with Crippen LogP contribution in [0.2, 0.25) is 0 Å². The van der Waals surface area contributed by atoms with Gasteiger partial charge in [-0.2, -0.15) is 5.26 Å². The first-order valence-corrected chi connectivity index (χ1v) is 5.93. The molecule has 0 aromatic heterocycles. The third-order valence-electron chi connectivity index (χ3n) is 2.43. The predicted octanol–water partition coefficient (Wildman–Crippen LogP) is 1.15. The fraction of sp³-hybridized carbons (Fsp3) is 0.538. The zero-order valence-corrected chi connectivity index (χ0v) is 11.8. The van der Waals surface area contributed by atoms with Crippen molar-refractivity contribution < 1.29 is 23.9 Å². The zero-order valence-electron chi connectivity index (χ0n) is 11.8. The quantitative estimate of drug-likeness (QED) is 0.704. The highest BCUT2D eigenvalue weighted by Gasteiger charge is 2.43. The van der Waals surface area contributed by atoms with Crippen molar-refractivity contribution in [2.24, 2.45) is 0 Å². The van der Waals surface area contributed by atoms with Crippen molar-refractivity contribution in [2.75, 3.05) is 7.11 Å². The lowest BCUT2D eigenvalue weighted by Crippen LogP contribution is -2.46. The van der Waals surface area contributed by atoms with Crippen LogP contribution >= 0.6 is 0 Å². The van der Waals surface area contributed by atoms with Crippen molar-refractivity contribution in [3.8, 4) is 6.07 Å². The summed E-state index contributed by atoms with van der Waals surface area (Å²) in [6, 6.07) is 0.616. The molecule has 0 saturated carbocycles. The van der Waals surface area contributed by atoms with E-state index >= 15 is 0 Å². The van der Waals surface area contributed by atoms with Crippen LogP contribution in [0.15, 0.2) is 11.6 Å². The van der Waals surface area contributed by atoms with Gasteiger partial charge in [0.2, 0.25) is 0 Å². The Morgan fingerprint density at radius 2 is 2.05 bits per heavy atom. The Kier molecular flexibility index (Phi) is 4.50. The molecule has 1 heterocycles. The molecule has 0 unspecified atom stereocenters. The maximum absolute atomic E-state index is 12.1. The monoisotopic (exact) mass is 280 g/mol. The van der Waals surface area contributed by atoms with Crippen molar-refractivity contribution >= 4 is 18.0 Å². The summed E-state index contributed by atoms with van der Waals surface area (Å²) in [5, 5.41) is 8.64. The number of rotatable bonds is 2. The summed E-state index contributed by atoms with van der Waals surface area (Å²) in [6.07, 6.45) is 0.120. The van der Waals surface area contributed by atoms with Gasteiger partial charge in [0.15, 0.2) is 6.04 Å². The van der Waals surface area contributed by atoms with Gasteiger partial charge in [-0.15, -0.1) is 0 Å². The summed E-state index contributed by atoms with van der Waals surface area (Å²) in [7, 11) is 1.15. The van der Waals surface area contributed by atoms with Gasteiger partial charge in [0.05, 0.1) is 19.6 Å². The Bertz CT molecular complexity index is 510. The molecule has 1 rings (SSSR count). The average molecular weight is 280 g/mol. The van der Waals surface area contributed by atoms with Crippen molar-refractivity contribution in [3.63, 3.8) is 0 Å². The van der Waals surface area contributed by atoms with Gasteiger partial charge in [0, 0.05) is 5.57 Å². The SMILES string of the molecule is COC(=O)[C@H]1C=C(CC#N)C(=O)N1C(=O)OC(C)(C)C. The van der Waals surface area contributed by atoms with E-state index in [1.165, 1.54) is 6.08 Å². The standard InChI is InChI=1S/C13H16N2O5/c1-13(2,3)20-12(18)15-9(11(17)19-4)7-8(5-6-14)10(15)16/h7,9H,5H2,1-4H3/t9-/m1/s1. The number of imide groups is 1. The van der Waals surface area contributed by atoms with Crippen LogP contribution in [0, 0.1) is 11.3 Å². The van der Waals surface area contributed by atoms with E-state index in [0.29, 0.717) is 4.90 Å². The largest absolute Gasteiger partial charge is 0.467 e. The number of ether oxygens (including phenoxy) is 2. The molecule has 0 radical (unpaired) electrons. The van der Waals surface area contributed by atoms with E-state index in [-0.39, 0.29) is 12.0 Å². The molecule has 1 aliphatic rings. The maximum atomic E-state index is 12.1. The molecule has 7 heteroatoms. The number of esters is 1. The molecule has 0 aromatic rings. The molecule has 20 heavy (non-hydrogen) atoms. The van der Waals surface area contributed by atoms with Crippen LogP contribution in [0.5, 0.6) is 0 Å². The molecule has 1 atom stereocenters. The van der Waals surface area contributed by atoms with E-state index in [1.807, 2.05) is 0 Å². The fourth-order valence-electron chi connectivity index (χ4n) is 1.64. The normalized spacial score (nSPS) is 18.4. The van der Waals surface area contributed by atoms with Gasteiger partial charge in [-0.05, 0) is 26.8 Å². The van der Waals surface area contributed by atoms with Crippen molar-refractivity contribution in [1.29, 1.82) is 5.26 Å². The van der Waals surface area contributed by atoms with E-state index in [0.717, 1.165) is 7.11 Å². The number of carbonyl (C=O) groups excluding carboxylic acids is 3. The van der Waals surface area contributed by atoms with Gasteiger partial charge in [0.25, 0.3) is 5.91 Å². The first-order chi connectivity index (χ1) is 9.21. The average Bonchev–Trinajstić information content (AvgIpc) is 2.64. The lowest BCUT2D eigenvalue weighted by Gasteiger charge is -2.26. The van der Waals surface area contributed by atoms with Gasteiger partial charge in [0.1, 0.15) is 5.60 Å². The summed E-state index contributed by atoms with van der Waals surface area (Å²) in [5.74, 6) is -1.48. The van der Waals surface area contributed by atoms with Gasteiger partial charge in [-0.3, -0.25) is 4.79 Å². The van der Waals surface area contributed by atoms with Crippen LogP contribution in [0.4, 0.5) is 4.79 Å². The number of carbonyl (C=O) groups is 3. The fourth-order valence-corrected chi connectivity index (χ4v) is 1.64. The summed E-state index contributed by atoms with van der Waals surface area (Å²) < 4.78 is 9.64. The van der Waals surface area contributed by atoms with E-state index in [1.54, 1.807) is 26.8 Å². The van der Waals surface area contributed by atoms with Crippen LogP contribution < -0.4 is 0 Å². The highest BCUT2D eigenvalue weighted by molar-refractivity contribution is 6.09.